The molecular formula is C13H18Cl2N2O2S. The Morgan fingerprint density at radius 3 is 2.35 bits per heavy atom. The third-order valence-electron chi connectivity index (χ3n) is 3.58. The van der Waals surface area contributed by atoms with Gasteiger partial charge in [0.05, 0.1) is 5.02 Å². The van der Waals surface area contributed by atoms with Crippen molar-refractivity contribution in [2.24, 2.45) is 11.8 Å². The molecule has 0 bridgehead atoms. The maximum atomic E-state index is 12.3. The number of nitrogens with zero attached hydrogens (tertiary/aromatic N) is 1. The molecule has 4 nitrogen and oxygen atoms in total. The van der Waals surface area contributed by atoms with E-state index in [0.29, 0.717) is 11.8 Å². The molecule has 1 fully saturated rings. The van der Waals surface area contributed by atoms with Gasteiger partial charge < -0.3 is 0 Å². The summed E-state index contributed by atoms with van der Waals surface area (Å²) in [6.07, 6.45) is 4.09. The van der Waals surface area contributed by atoms with Crippen LogP contribution in [0, 0.1) is 11.8 Å². The zero-order valence-electron chi connectivity index (χ0n) is 11.4. The molecule has 1 aromatic rings. The van der Waals surface area contributed by atoms with Crippen molar-refractivity contribution in [3.05, 3.63) is 22.4 Å². The average Bonchev–Trinajstić information content (AvgIpc) is 2.30. The highest BCUT2D eigenvalue weighted by Crippen LogP contribution is 2.30. The molecule has 2 rings (SSSR count). The zero-order chi connectivity index (χ0) is 14.9. The molecule has 0 aromatic carbocycles. The first-order valence-electron chi connectivity index (χ1n) is 6.61. The predicted octanol–water partition coefficient (Wildman–Crippen LogP) is 3.49. The van der Waals surface area contributed by atoms with Gasteiger partial charge in [-0.3, -0.25) is 0 Å². The van der Waals surface area contributed by atoms with E-state index in [4.69, 9.17) is 23.2 Å². The van der Waals surface area contributed by atoms with Crippen LogP contribution in [0.5, 0.6) is 0 Å². The molecule has 2 atom stereocenters. The number of hydrogen-bond acceptors (Lipinski definition) is 3. The molecule has 0 aliphatic heterocycles. The van der Waals surface area contributed by atoms with Gasteiger partial charge in [0.25, 0.3) is 0 Å². The maximum Gasteiger partial charge on any atom is 0.242 e. The first kappa shape index (κ1) is 16.0. The summed E-state index contributed by atoms with van der Waals surface area (Å²) in [5.41, 5.74) is 0. The van der Waals surface area contributed by atoms with Crippen LogP contribution < -0.4 is 4.72 Å². The van der Waals surface area contributed by atoms with Crippen molar-refractivity contribution in [1.82, 2.24) is 9.71 Å². The smallest absolute Gasteiger partial charge is 0.242 e. The average molecular weight is 337 g/mol. The molecule has 20 heavy (non-hydrogen) atoms. The Kier molecular flexibility index (Phi) is 4.95. The molecule has 0 spiro atoms. The van der Waals surface area contributed by atoms with Gasteiger partial charge in [0.15, 0.2) is 0 Å². The summed E-state index contributed by atoms with van der Waals surface area (Å²) < 4.78 is 27.4. The lowest BCUT2D eigenvalue weighted by Gasteiger charge is -2.31. The molecule has 0 amide bonds. The van der Waals surface area contributed by atoms with Gasteiger partial charge in [-0.15, -0.1) is 0 Å². The lowest BCUT2D eigenvalue weighted by Crippen LogP contribution is -2.40. The van der Waals surface area contributed by atoms with E-state index in [-0.39, 0.29) is 21.1 Å². The van der Waals surface area contributed by atoms with Crippen molar-refractivity contribution in [1.29, 1.82) is 0 Å². The molecule has 1 N–H and O–H groups in total. The Balaban J connectivity index is 2.16. The third-order valence-corrected chi connectivity index (χ3v) is 5.76. The Labute approximate surface area is 129 Å². The fourth-order valence-electron chi connectivity index (χ4n) is 2.88. The number of sulfonamides is 1. The molecule has 0 radical (unpaired) electrons. The molecule has 112 valence electrons. The Hall–Kier alpha value is -0.360. The van der Waals surface area contributed by atoms with E-state index in [1.165, 1.54) is 12.3 Å². The lowest BCUT2D eigenvalue weighted by molar-refractivity contribution is 0.257. The van der Waals surface area contributed by atoms with E-state index in [1.807, 2.05) is 0 Å². The van der Waals surface area contributed by atoms with E-state index in [1.54, 1.807) is 0 Å². The summed E-state index contributed by atoms with van der Waals surface area (Å²) in [5, 5.41) is 0.241. The van der Waals surface area contributed by atoms with Crippen molar-refractivity contribution in [2.75, 3.05) is 0 Å². The van der Waals surface area contributed by atoms with Crippen LogP contribution in [0.3, 0.4) is 0 Å². The van der Waals surface area contributed by atoms with Crippen molar-refractivity contribution in [3.8, 4) is 0 Å². The highest BCUT2D eigenvalue weighted by molar-refractivity contribution is 7.89. The van der Waals surface area contributed by atoms with Gasteiger partial charge in [0.1, 0.15) is 10.0 Å². The van der Waals surface area contributed by atoms with E-state index in [9.17, 15) is 8.42 Å². The monoisotopic (exact) mass is 336 g/mol. The van der Waals surface area contributed by atoms with Gasteiger partial charge in [0.2, 0.25) is 10.0 Å². The quantitative estimate of drug-likeness (QED) is 0.859. The molecule has 0 saturated heterocycles. The van der Waals surface area contributed by atoms with Gasteiger partial charge in [-0.25, -0.2) is 18.1 Å². The number of nitrogens with one attached hydrogen (secondary N) is 1. The molecule has 1 aliphatic rings. The Bertz CT molecular complexity index is 582. The number of aromatic nitrogens is 1. The van der Waals surface area contributed by atoms with Crippen LogP contribution in [-0.2, 0) is 10.0 Å². The summed E-state index contributed by atoms with van der Waals surface area (Å²) in [4.78, 5) is 3.84. The normalized spacial score (nSPS) is 27.5. The van der Waals surface area contributed by atoms with Gasteiger partial charge in [-0.1, -0.05) is 37.0 Å². The largest absolute Gasteiger partial charge is 0.242 e. The van der Waals surface area contributed by atoms with Crippen molar-refractivity contribution < 1.29 is 8.42 Å². The summed E-state index contributed by atoms with van der Waals surface area (Å²) in [7, 11) is -3.60. The second-order valence-corrected chi connectivity index (χ2v) is 8.16. The second-order valence-electron chi connectivity index (χ2n) is 5.68. The maximum absolute atomic E-state index is 12.3. The molecule has 7 heteroatoms. The molecule has 1 aliphatic carbocycles. The molecule has 1 saturated carbocycles. The standard InChI is InChI=1S/C13H18Cl2N2O2S/c1-8-3-9(2)5-10(4-8)17-20(18,19)11-6-12(14)13(15)16-7-11/h6-10,17H,3-5H2,1-2H3. The van der Waals surface area contributed by atoms with Crippen molar-refractivity contribution in [3.63, 3.8) is 0 Å². The van der Waals surface area contributed by atoms with E-state index in [0.717, 1.165) is 19.3 Å². The fraction of sp³-hybridized carbons (Fsp3) is 0.615. The van der Waals surface area contributed by atoms with Crippen molar-refractivity contribution in [2.45, 2.75) is 44.0 Å². The zero-order valence-corrected chi connectivity index (χ0v) is 13.8. The minimum atomic E-state index is -3.60. The van der Waals surface area contributed by atoms with Crippen LogP contribution in [0.25, 0.3) is 0 Å². The first-order valence-corrected chi connectivity index (χ1v) is 8.85. The summed E-state index contributed by atoms with van der Waals surface area (Å²) in [6, 6.07) is 1.29. The molecule has 2 unspecified atom stereocenters. The van der Waals surface area contributed by atoms with Crippen LogP contribution in [0.1, 0.15) is 33.1 Å². The first-order chi connectivity index (χ1) is 9.28. The number of pyridine rings is 1. The highest BCUT2D eigenvalue weighted by atomic mass is 35.5. The van der Waals surface area contributed by atoms with Crippen LogP contribution in [-0.4, -0.2) is 19.4 Å². The molecular weight excluding hydrogens is 319 g/mol. The van der Waals surface area contributed by atoms with Gasteiger partial charge in [-0.05, 0) is 37.2 Å². The van der Waals surface area contributed by atoms with Gasteiger partial charge >= 0.3 is 0 Å². The second kappa shape index (κ2) is 6.18. The van der Waals surface area contributed by atoms with E-state index >= 15 is 0 Å². The SMILES string of the molecule is CC1CC(C)CC(NS(=O)(=O)c2cnc(Cl)c(Cl)c2)C1. The lowest BCUT2D eigenvalue weighted by atomic mass is 9.81. The predicted molar refractivity (Wildman–Crippen MR) is 80.5 cm³/mol. The third kappa shape index (κ3) is 3.85. The fourth-order valence-corrected chi connectivity index (χ4v) is 4.45. The Morgan fingerprint density at radius 2 is 1.80 bits per heavy atom. The molecule has 1 aromatic heterocycles. The number of halogens is 2. The minimum absolute atomic E-state index is 0.0341. The Morgan fingerprint density at radius 1 is 1.20 bits per heavy atom. The molecule has 1 heterocycles. The minimum Gasteiger partial charge on any atom is -0.242 e. The summed E-state index contributed by atoms with van der Waals surface area (Å²) in [5.74, 6) is 1.05. The van der Waals surface area contributed by atoms with E-state index in [2.05, 4.69) is 23.6 Å². The van der Waals surface area contributed by atoms with Gasteiger partial charge in [0, 0.05) is 12.2 Å². The highest BCUT2D eigenvalue weighted by Gasteiger charge is 2.28. The number of rotatable bonds is 3. The van der Waals surface area contributed by atoms with E-state index < -0.39 is 10.0 Å². The summed E-state index contributed by atoms with van der Waals surface area (Å²) in [6.45, 7) is 4.30. The van der Waals surface area contributed by atoms with Crippen LogP contribution in [0.2, 0.25) is 10.2 Å². The van der Waals surface area contributed by atoms with Gasteiger partial charge in [-0.2, -0.15) is 0 Å². The topological polar surface area (TPSA) is 59.1 Å². The van der Waals surface area contributed by atoms with Crippen LogP contribution in [0.4, 0.5) is 0 Å². The van der Waals surface area contributed by atoms with Crippen LogP contribution in [0.15, 0.2) is 17.2 Å². The van der Waals surface area contributed by atoms with Crippen LogP contribution >= 0.6 is 23.2 Å². The number of hydrogen-bond donors (Lipinski definition) is 1. The van der Waals surface area contributed by atoms with Crippen molar-refractivity contribution >= 4 is 33.2 Å². The summed E-state index contributed by atoms with van der Waals surface area (Å²) >= 11 is 11.5.